The summed E-state index contributed by atoms with van der Waals surface area (Å²) in [6.07, 6.45) is -0.529. The van der Waals surface area contributed by atoms with E-state index in [1.165, 1.54) is 0 Å². The van der Waals surface area contributed by atoms with Crippen molar-refractivity contribution in [2.24, 2.45) is 0 Å². The molecule has 1 aromatic carbocycles. The van der Waals surface area contributed by atoms with Crippen LogP contribution in [0.1, 0.15) is 26.3 Å². The van der Waals surface area contributed by atoms with Crippen LogP contribution in [0.15, 0.2) is 24.3 Å². The van der Waals surface area contributed by atoms with Gasteiger partial charge in [-0.05, 0) is 26.8 Å². The van der Waals surface area contributed by atoms with Gasteiger partial charge in [0.1, 0.15) is 11.4 Å². The molecule has 4 nitrogen and oxygen atoms in total. The van der Waals surface area contributed by atoms with Gasteiger partial charge in [0.2, 0.25) is 0 Å². The molecule has 98 valence electrons. The molecule has 2 rings (SSSR count). The summed E-state index contributed by atoms with van der Waals surface area (Å²) in [5.74, 6) is 0.445. The second kappa shape index (κ2) is 4.98. The SMILES string of the molecule is CCOC(=O)C1OC1(C)c1ccccc1OCC. The minimum atomic E-state index is -0.627. The van der Waals surface area contributed by atoms with Gasteiger partial charge in [-0.3, -0.25) is 0 Å². The van der Waals surface area contributed by atoms with Crippen LogP contribution in [0.5, 0.6) is 5.75 Å². The highest BCUT2D eigenvalue weighted by Gasteiger charge is 2.60. The van der Waals surface area contributed by atoms with Crippen LogP contribution in [0, 0.1) is 0 Å². The third-order valence-corrected chi connectivity index (χ3v) is 3.03. The van der Waals surface area contributed by atoms with E-state index in [0.29, 0.717) is 13.2 Å². The van der Waals surface area contributed by atoms with E-state index in [1.807, 2.05) is 38.1 Å². The monoisotopic (exact) mass is 250 g/mol. The van der Waals surface area contributed by atoms with E-state index in [1.54, 1.807) is 6.92 Å². The molecular formula is C14H18O4. The number of rotatable bonds is 5. The Hall–Kier alpha value is -1.55. The van der Waals surface area contributed by atoms with Crippen LogP contribution in [-0.4, -0.2) is 25.3 Å². The van der Waals surface area contributed by atoms with Crippen molar-refractivity contribution in [2.45, 2.75) is 32.5 Å². The van der Waals surface area contributed by atoms with Gasteiger partial charge in [0, 0.05) is 5.56 Å². The third-order valence-electron chi connectivity index (χ3n) is 3.03. The van der Waals surface area contributed by atoms with Gasteiger partial charge < -0.3 is 14.2 Å². The number of epoxide rings is 1. The summed E-state index contributed by atoms with van der Waals surface area (Å²) in [5, 5.41) is 0. The fourth-order valence-corrected chi connectivity index (χ4v) is 2.06. The fourth-order valence-electron chi connectivity index (χ4n) is 2.06. The summed E-state index contributed by atoms with van der Waals surface area (Å²) in [5.41, 5.74) is 0.266. The van der Waals surface area contributed by atoms with Gasteiger partial charge >= 0.3 is 5.97 Å². The van der Waals surface area contributed by atoms with Crippen LogP contribution in [0.3, 0.4) is 0 Å². The zero-order valence-electron chi connectivity index (χ0n) is 10.9. The van der Waals surface area contributed by atoms with Gasteiger partial charge in [0.15, 0.2) is 6.10 Å². The van der Waals surface area contributed by atoms with Gasteiger partial charge in [0.25, 0.3) is 0 Å². The molecule has 0 bridgehead atoms. The van der Waals surface area contributed by atoms with Crippen molar-refractivity contribution in [3.05, 3.63) is 29.8 Å². The lowest BCUT2D eigenvalue weighted by atomic mass is 9.96. The molecule has 1 aliphatic heterocycles. The Kier molecular flexibility index (Phi) is 3.57. The molecule has 0 aliphatic carbocycles. The molecule has 4 heteroatoms. The molecule has 1 saturated heterocycles. The molecule has 0 amide bonds. The number of ether oxygens (including phenoxy) is 3. The predicted molar refractivity (Wildman–Crippen MR) is 66.5 cm³/mol. The quantitative estimate of drug-likeness (QED) is 0.594. The fraction of sp³-hybridized carbons (Fsp3) is 0.500. The van der Waals surface area contributed by atoms with E-state index in [2.05, 4.69) is 0 Å². The summed E-state index contributed by atoms with van der Waals surface area (Å²) in [6.45, 7) is 6.53. The summed E-state index contributed by atoms with van der Waals surface area (Å²) >= 11 is 0. The molecule has 0 N–H and O–H groups in total. The standard InChI is InChI=1S/C14H18O4/c1-4-16-11-9-7-6-8-10(11)14(3)12(18-14)13(15)17-5-2/h6-9,12H,4-5H2,1-3H3. The first-order valence-corrected chi connectivity index (χ1v) is 6.20. The largest absolute Gasteiger partial charge is 0.493 e. The summed E-state index contributed by atoms with van der Waals surface area (Å²) in [7, 11) is 0. The highest BCUT2D eigenvalue weighted by Crippen LogP contribution is 2.49. The molecule has 1 aliphatic rings. The molecule has 2 unspecified atom stereocenters. The number of benzene rings is 1. The Bertz CT molecular complexity index is 443. The Morgan fingerprint density at radius 3 is 2.72 bits per heavy atom. The Balaban J connectivity index is 2.20. The van der Waals surface area contributed by atoms with Crippen molar-refractivity contribution < 1.29 is 19.0 Å². The molecule has 18 heavy (non-hydrogen) atoms. The van der Waals surface area contributed by atoms with E-state index in [-0.39, 0.29) is 5.97 Å². The normalized spacial score (nSPS) is 25.6. The molecule has 0 saturated carbocycles. The van der Waals surface area contributed by atoms with E-state index in [9.17, 15) is 4.79 Å². The van der Waals surface area contributed by atoms with Gasteiger partial charge in [0.05, 0.1) is 13.2 Å². The smallest absolute Gasteiger partial charge is 0.338 e. The first kappa shape index (κ1) is 12.9. The third kappa shape index (κ3) is 2.20. The molecular weight excluding hydrogens is 232 g/mol. The topological polar surface area (TPSA) is 48.1 Å². The maximum Gasteiger partial charge on any atom is 0.338 e. The van der Waals surface area contributed by atoms with E-state index >= 15 is 0 Å². The summed E-state index contributed by atoms with van der Waals surface area (Å²) in [4.78, 5) is 11.7. The Labute approximate surface area is 107 Å². The number of carbonyl (C=O) groups is 1. The van der Waals surface area contributed by atoms with Gasteiger partial charge in [-0.25, -0.2) is 4.79 Å². The number of carbonyl (C=O) groups excluding carboxylic acids is 1. The average molecular weight is 250 g/mol. The number of esters is 1. The van der Waals surface area contributed by atoms with Crippen LogP contribution in [0.4, 0.5) is 0 Å². The summed E-state index contributed by atoms with van der Waals surface area (Å²) < 4.78 is 16.1. The molecule has 1 fully saturated rings. The number of hydrogen-bond donors (Lipinski definition) is 0. The minimum Gasteiger partial charge on any atom is -0.493 e. The molecule has 0 aromatic heterocycles. The Morgan fingerprint density at radius 1 is 1.33 bits per heavy atom. The van der Waals surface area contributed by atoms with E-state index in [4.69, 9.17) is 14.2 Å². The van der Waals surface area contributed by atoms with Gasteiger partial charge in [-0.1, -0.05) is 18.2 Å². The van der Waals surface area contributed by atoms with Crippen molar-refractivity contribution in [1.29, 1.82) is 0 Å². The maximum atomic E-state index is 11.7. The molecule has 0 radical (unpaired) electrons. The highest BCUT2D eigenvalue weighted by atomic mass is 16.7. The lowest BCUT2D eigenvalue weighted by molar-refractivity contribution is -0.144. The zero-order valence-corrected chi connectivity index (χ0v) is 10.9. The van der Waals surface area contributed by atoms with Crippen molar-refractivity contribution in [1.82, 2.24) is 0 Å². The van der Waals surface area contributed by atoms with Crippen molar-refractivity contribution in [3.8, 4) is 5.75 Å². The maximum absolute atomic E-state index is 11.7. The minimum absolute atomic E-state index is 0.314. The second-order valence-corrected chi connectivity index (χ2v) is 4.29. The lowest BCUT2D eigenvalue weighted by Gasteiger charge is -2.13. The molecule has 1 aromatic rings. The van der Waals surface area contributed by atoms with Gasteiger partial charge in [-0.15, -0.1) is 0 Å². The Morgan fingerprint density at radius 2 is 2.06 bits per heavy atom. The van der Waals surface area contributed by atoms with E-state index in [0.717, 1.165) is 11.3 Å². The molecule has 0 spiro atoms. The highest BCUT2D eigenvalue weighted by molar-refractivity contribution is 5.80. The van der Waals surface area contributed by atoms with Crippen molar-refractivity contribution in [2.75, 3.05) is 13.2 Å². The zero-order chi connectivity index (χ0) is 13.2. The first-order valence-electron chi connectivity index (χ1n) is 6.20. The number of para-hydroxylation sites is 1. The van der Waals surface area contributed by atoms with Crippen molar-refractivity contribution >= 4 is 5.97 Å². The van der Waals surface area contributed by atoms with Crippen LogP contribution in [0.2, 0.25) is 0 Å². The molecule has 2 atom stereocenters. The molecule has 1 heterocycles. The average Bonchev–Trinajstić information content (AvgIpc) is 3.04. The van der Waals surface area contributed by atoms with Crippen molar-refractivity contribution in [3.63, 3.8) is 0 Å². The predicted octanol–water partition coefficient (Wildman–Crippen LogP) is 2.26. The van der Waals surface area contributed by atoms with Crippen LogP contribution >= 0.6 is 0 Å². The van der Waals surface area contributed by atoms with Crippen LogP contribution < -0.4 is 4.74 Å². The number of hydrogen-bond acceptors (Lipinski definition) is 4. The van der Waals surface area contributed by atoms with Crippen LogP contribution in [-0.2, 0) is 19.9 Å². The lowest BCUT2D eigenvalue weighted by Crippen LogP contribution is -2.19. The van der Waals surface area contributed by atoms with Gasteiger partial charge in [-0.2, -0.15) is 0 Å². The second-order valence-electron chi connectivity index (χ2n) is 4.29. The first-order chi connectivity index (χ1) is 8.63. The summed E-state index contributed by atoms with van der Waals surface area (Å²) in [6, 6.07) is 7.62. The van der Waals surface area contributed by atoms with E-state index < -0.39 is 11.7 Å². The van der Waals surface area contributed by atoms with Crippen LogP contribution in [0.25, 0.3) is 0 Å².